The molecule has 1 aliphatic heterocycles. The molecule has 6 aliphatic rings. The van der Waals surface area contributed by atoms with E-state index in [9.17, 15) is 15.3 Å². The first-order valence-electron chi connectivity index (χ1n) is 9.54. The number of Topliss-reactive ketones (excluding diaryl/α,β-unsaturated/α-hetero) is 1. The Morgan fingerprint density at radius 1 is 0.917 bits per heavy atom. The molecule has 0 radical (unpaired) electrons. The number of thioether (sulfide) groups is 1. The van der Waals surface area contributed by atoms with Crippen molar-refractivity contribution in [3.05, 3.63) is 0 Å². The highest BCUT2D eigenvalue weighted by Crippen LogP contribution is 2.76. The number of hydrogen-bond acceptors (Lipinski definition) is 4. The van der Waals surface area contributed by atoms with Crippen LogP contribution in [-0.4, -0.2) is 17.3 Å². The molecule has 4 heteroatoms. The largest absolute Gasteiger partial charge is 0.299 e. The Balaban J connectivity index is 1.51. The van der Waals surface area contributed by atoms with Crippen molar-refractivity contribution < 1.29 is 4.79 Å². The molecule has 0 unspecified atom stereocenters. The van der Waals surface area contributed by atoms with Crippen molar-refractivity contribution in [3.8, 4) is 12.1 Å². The smallest absolute Gasteiger partial charge is 0.160 e. The Hall–Kier alpha value is -1.000. The zero-order chi connectivity index (χ0) is 16.6. The molecule has 1 heterocycles. The van der Waals surface area contributed by atoms with Crippen molar-refractivity contribution in [3.63, 3.8) is 0 Å². The number of ketones is 1. The van der Waals surface area contributed by atoms with Gasteiger partial charge in [0.1, 0.15) is 5.78 Å². The average Bonchev–Trinajstić information content (AvgIpc) is 3.13. The molecule has 0 aromatic rings. The number of hydrogen-bond donors (Lipinski definition) is 0. The molecule has 0 amide bonds. The molecule has 0 N–H and O–H groups in total. The molecule has 5 aliphatic carbocycles. The first-order valence-corrected chi connectivity index (χ1v) is 10.7. The lowest BCUT2D eigenvalue weighted by Crippen LogP contribution is -2.51. The van der Waals surface area contributed by atoms with Gasteiger partial charge in [-0.05, 0) is 80.6 Å². The van der Waals surface area contributed by atoms with Crippen LogP contribution < -0.4 is 0 Å². The summed E-state index contributed by atoms with van der Waals surface area (Å²) >= 11 is 1.90. The first-order chi connectivity index (χ1) is 11.6. The van der Waals surface area contributed by atoms with Crippen LogP contribution in [0.4, 0.5) is 0 Å². The summed E-state index contributed by atoms with van der Waals surface area (Å²) in [6.07, 6.45) is 8.86. The van der Waals surface area contributed by atoms with Crippen molar-refractivity contribution in [1.82, 2.24) is 0 Å². The van der Waals surface area contributed by atoms with Gasteiger partial charge in [0.15, 0.2) is 5.41 Å². The number of nitriles is 2. The van der Waals surface area contributed by atoms with Gasteiger partial charge in [-0.15, -0.1) is 0 Å². The molecule has 6 fully saturated rings. The molecule has 1 saturated heterocycles. The van der Waals surface area contributed by atoms with Crippen LogP contribution in [0.1, 0.15) is 51.4 Å². The van der Waals surface area contributed by atoms with Crippen molar-refractivity contribution >= 4 is 17.5 Å². The van der Waals surface area contributed by atoms with Gasteiger partial charge in [0.05, 0.1) is 18.1 Å². The van der Waals surface area contributed by atoms with E-state index in [-0.39, 0.29) is 16.7 Å². The van der Waals surface area contributed by atoms with Crippen LogP contribution in [0.2, 0.25) is 0 Å². The normalized spacial score (nSPS) is 46.2. The Labute approximate surface area is 148 Å². The molecule has 1 spiro atoms. The van der Waals surface area contributed by atoms with Crippen molar-refractivity contribution in [1.29, 1.82) is 10.5 Å². The van der Waals surface area contributed by atoms with Gasteiger partial charge in [-0.1, -0.05) is 0 Å². The number of carbonyl (C=O) groups excluding carboxylic acids is 1. The monoisotopic (exact) mass is 340 g/mol. The predicted molar refractivity (Wildman–Crippen MR) is 91.8 cm³/mol. The highest BCUT2D eigenvalue weighted by Gasteiger charge is 2.82. The van der Waals surface area contributed by atoms with Gasteiger partial charge >= 0.3 is 0 Å². The second kappa shape index (κ2) is 4.79. The Kier molecular flexibility index (Phi) is 3.05. The summed E-state index contributed by atoms with van der Waals surface area (Å²) in [4.78, 5) is 13.8. The van der Waals surface area contributed by atoms with E-state index < -0.39 is 5.41 Å². The minimum atomic E-state index is -1.02. The fourth-order valence-corrected chi connectivity index (χ4v) is 8.78. The van der Waals surface area contributed by atoms with Crippen LogP contribution in [-0.2, 0) is 4.79 Å². The fraction of sp³-hybridized carbons (Fsp3) is 0.850. The molecule has 4 bridgehead atoms. The minimum absolute atomic E-state index is 0.174. The topological polar surface area (TPSA) is 64.7 Å². The maximum atomic E-state index is 13.8. The SMILES string of the molecule is N#CC1(C#N)[C@H](C(=O)C23CC4CC(CC(C4)C2)C3)C12CCSCC2. The summed E-state index contributed by atoms with van der Waals surface area (Å²) in [6, 6.07) is 4.67. The zero-order valence-electron chi connectivity index (χ0n) is 14.1. The van der Waals surface area contributed by atoms with Crippen LogP contribution in [0.3, 0.4) is 0 Å². The third-order valence-corrected chi connectivity index (χ3v) is 9.23. The number of rotatable bonds is 2. The lowest BCUT2D eigenvalue weighted by atomic mass is 9.48. The maximum Gasteiger partial charge on any atom is 0.160 e. The summed E-state index contributed by atoms with van der Waals surface area (Å²) in [5.41, 5.74) is -1.51. The van der Waals surface area contributed by atoms with Gasteiger partial charge in [0.2, 0.25) is 0 Å². The third-order valence-electron chi connectivity index (χ3n) is 8.25. The average molecular weight is 340 g/mol. The second-order valence-corrected chi connectivity index (χ2v) is 10.5. The lowest BCUT2D eigenvalue weighted by Gasteiger charge is -2.56. The Morgan fingerprint density at radius 2 is 1.42 bits per heavy atom. The van der Waals surface area contributed by atoms with Crippen molar-refractivity contribution in [2.75, 3.05) is 11.5 Å². The molecule has 0 aromatic carbocycles. The Bertz CT molecular complexity index is 629. The zero-order valence-corrected chi connectivity index (χ0v) is 14.9. The summed E-state index contributed by atoms with van der Waals surface area (Å²) in [6.45, 7) is 0. The molecule has 6 rings (SSSR count). The molecular formula is C20H24N2OS. The van der Waals surface area contributed by atoms with E-state index in [0.717, 1.165) is 61.4 Å². The quantitative estimate of drug-likeness (QED) is 0.763. The molecule has 1 atom stereocenters. The van der Waals surface area contributed by atoms with Crippen LogP contribution in [0.15, 0.2) is 0 Å². The van der Waals surface area contributed by atoms with E-state index >= 15 is 0 Å². The lowest BCUT2D eigenvalue weighted by molar-refractivity contribution is -0.146. The molecule has 5 saturated carbocycles. The van der Waals surface area contributed by atoms with Gasteiger partial charge in [-0.2, -0.15) is 22.3 Å². The number of nitrogens with zero attached hydrogens (tertiary/aromatic N) is 2. The third kappa shape index (κ3) is 1.67. The van der Waals surface area contributed by atoms with Gasteiger partial charge in [0.25, 0.3) is 0 Å². The first kappa shape index (κ1) is 15.3. The standard InChI is InChI=1S/C20H24N2OS/c21-11-20(12-22)16(19(20)1-3-24-4-2-19)17(23)18-8-13-5-14(9-18)7-15(6-13)10-18/h13-16H,1-10H2/t13?,14?,15?,16-,18?/m1/s1. The van der Waals surface area contributed by atoms with E-state index in [2.05, 4.69) is 12.1 Å². The molecule has 0 aromatic heterocycles. The maximum absolute atomic E-state index is 13.8. The van der Waals surface area contributed by atoms with Gasteiger partial charge in [-0.25, -0.2) is 0 Å². The van der Waals surface area contributed by atoms with E-state index in [1.807, 2.05) is 11.8 Å². The van der Waals surface area contributed by atoms with Gasteiger partial charge in [-0.3, -0.25) is 4.79 Å². The van der Waals surface area contributed by atoms with Crippen LogP contribution >= 0.6 is 11.8 Å². The van der Waals surface area contributed by atoms with E-state index in [0.29, 0.717) is 5.78 Å². The summed E-state index contributed by atoms with van der Waals surface area (Å²) in [5, 5.41) is 19.7. The highest BCUT2D eigenvalue weighted by atomic mass is 32.2. The van der Waals surface area contributed by atoms with Crippen molar-refractivity contribution in [2.24, 2.45) is 39.9 Å². The molecule has 24 heavy (non-hydrogen) atoms. The summed E-state index contributed by atoms with van der Waals surface area (Å²) in [5.74, 6) is 4.22. The highest BCUT2D eigenvalue weighted by molar-refractivity contribution is 7.99. The summed E-state index contributed by atoms with van der Waals surface area (Å²) in [7, 11) is 0. The van der Waals surface area contributed by atoms with E-state index in [4.69, 9.17) is 0 Å². The van der Waals surface area contributed by atoms with Crippen LogP contribution in [0, 0.1) is 62.6 Å². The summed E-state index contributed by atoms with van der Waals surface area (Å²) < 4.78 is 0. The molecule has 126 valence electrons. The predicted octanol–water partition coefficient (Wildman–Crippen LogP) is 3.95. The van der Waals surface area contributed by atoms with Gasteiger partial charge < -0.3 is 0 Å². The molecular weight excluding hydrogens is 316 g/mol. The Morgan fingerprint density at radius 3 is 1.88 bits per heavy atom. The van der Waals surface area contributed by atoms with Crippen molar-refractivity contribution in [2.45, 2.75) is 51.4 Å². The van der Waals surface area contributed by atoms with Gasteiger partial charge in [0, 0.05) is 10.8 Å². The minimum Gasteiger partial charge on any atom is -0.299 e. The van der Waals surface area contributed by atoms with E-state index in [1.165, 1.54) is 19.3 Å². The second-order valence-electron chi connectivity index (χ2n) is 9.30. The van der Waals surface area contributed by atoms with E-state index in [1.54, 1.807) is 0 Å². The number of carbonyl (C=O) groups is 1. The van der Waals surface area contributed by atoms with Crippen LogP contribution in [0.25, 0.3) is 0 Å². The molecule has 3 nitrogen and oxygen atoms in total. The fourth-order valence-electron chi connectivity index (χ4n) is 7.56. The van der Waals surface area contributed by atoms with Crippen LogP contribution in [0.5, 0.6) is 0 Å².